The number of carbonyl (C=O) groups is 1. The number of nitrogens with one attached hydrogen (secondary N) is 1. The fourth-order valence-corrected chi connectivity index (χ4v) is 4.41. The van der Waals surface area contributed by atoms with Crippen molar-refractivity contribution in [3.63, 3.8) is 0 Å². The number of benzene rings is 2. The average Bonchev–Trinajstić information content (AvgIpc) is 3.03. The van der Waals surface area contributed by atoms with Gasteiger partial charge in [0.15, 0.2) is 4.34 Å². The molecule has 1 aromatic heterocycles. The van der Waals surface area contributed by atoms with Crippen molar-refractivity contribution in [1.29, 1.82) is 0 Å². The Kier molecular flexibility index (Phi) is 6.10. The molecule has 0 saturated heterocycles. The lowest BCUT2D eigenvalue weighted by Gasteiger charge is -2.07. The lowest BCUT2D eigenvalue weighted by molar-refractivity contribution is 0.0952. The molecule has 0 aliphatic carbocycles. The van der Waals surface area contributed by atoms with Gasteiger partial charge in [-0.3, -0.25) is 4.79 Å². The first-order chi connectivity index (χ1) is 12.1. The standard InChI is InChI=1S/C20H22N2OS2/c1-14(2)11-12-21-19(23)16-9-7-15(8-10-16)13-24-20-22-17-5-3-4-6-18(17)25-20/h3-10,14H,11-13H2,1-2H3,(H,21,23). The van der Waals surface area contributed by atoms with E-state index in [1.54, 1.807) is 23.1 Å². The van der Waals surface area contributed by atoms with Crippen LogP contribution >= 0.6 is 23.1 Å². The van der Waals surface area contributed by atoms with E-state index in [-0.39, 0.29) is 5.91 Å². The van der Waals surface area contributed by atoms with Gasteiger partial charge >= 0.3 is 0 Å². The highest BCUT2D eigenvalue weighted by Gasteiger charge is 2.07. The van der Waals surface area contributed by atoms with E-state index in [2.05, 4.69) is 30.2 Å². The molecule has 3 nitrogen and oxygen atoms in total. The molecule has 0 aliphatic rings. The largest absolute Gasteiger partial charge is 0.352 e. The number of para-hydroxylation sites is 1. The summed E-state index contributed by atoms with van der Waals surface area (Å²) in [4.78, 5) is 16.7. The van der Waals surface area contributed by atoms with Gasteiger partial charge in [-0.2, -0.15) is 0 Å². The van der Waals surface area contributed by atoms with Gasteiger partial charge in [-0.05, 0) is 42.2 Å². The number of hydrogen-bond acceptors (Lipinski definition) is 4. The van der Waals surface area contributed by atoms with Crippen LogP contribution in [0.15, 0.2) is 52.9 Å². The lowest BCUT2D eigenvalue weighted by atomic mass is 10.1. The van der Waals surface area contributed by atoms with Crippen LogP contribution in [-0.4, -0.2) is 17.4 Å². The molecule has 1 amide bonds. The second-order valence-electron chi connectivity index (χ2n) is 6.37. The summed E-state index contributed by atoms with van der Waals surface area (Å²) in [5.74, 6) is 1.46. The maximum absolute atomic E-state index is 12.1. The number of aromatic nitrogens is 1. The van der Waals surface area contributed by atoms with Crippen LogP contribution in [0.4, 0.5) is 0 Å². The van der Waals surface area contributed by atoms with Crippen molar-refractivity contribution >= 4 is 39.2 Å². The number of carbonyl (C=O) groups excluding carboxylic acids is 1. The molecule has 3 rings (SSSR count). The van der Waals surface area contributed by atoms with Gasteiger partial charge in [-0.25, -0.2) is 4.98 Å². The number of rotatable bonds is 7. The minimum atomic E-state index is 0.00558. The first-order valence-corrected chi connectivity index (χ1v) is 10.3. The lowest BCUT2D eigenvalue weighted by Crippen LogP contribution is -2.25. The third-order valence-corrected chi connectivity index (χ3v) is 6.11. The molecule has 1 N–H and O–H groups in total. The molecule has 0 fully saturated rings. The molecule has 25 heavy (non-hydrogen) atoms. The molecule has 0 spiro atoms. The summed E-state index contributed by atoms with van der Waals surface area (Å²) >= 11 is 3.46. The van der Waals surface area contributed by atoms with Gasteiger partial charge in [0.05, 0.1) is 10.2 Å². The molecule has 0 aliphatic heterocycles. The van der Waals surface area contributed by atoms with Crippen LogP contribution in [0.1, 0.15) is 36.2 Å². The van der Waals surface area contributed by atoms with Gasteiger partial charge in [0, 0.05) is 17.9 Å². The van der Waals surface area contributed by atoms with Crippen LogP contribution in [0.25, 0.3) is 10.2 Å². The van der Waals surface area contributed by atoms with Crippen LogP contribution < -0.4 is 5.32 Å². The Bertz CT molecular complexity index is 807. The van der Waals surface area contributed by atoms with Gasteiger partial charge < -0.3 is 5.32 Å². The van der Waals surface area contributed by atoms with Crippen molar-refractivity contribution in [2.75, 3.05) is 6.54 Å². The van der Waals surface area contributed by atoms with Gasteiger partial charge in [0.1, 0.15) is 0 Å². The molecule has 130 valence electrons. The van der Waals surface area contributed by atoms with Crippen molar-refractivity contribution in [2.24, 2.45) is 5.92 Å². The summed E-state index contributed by atoms with van der Waals surface area (Å²) in [7, 11) is 0. The molecule has 0 saturated carbocycles. The van der Waals surface area contributed by atoms with Crippen LogP contribution in [0.3, 0.4) is 0 Å². The predicted octanol–water partition coefficient (Wildman–Crippen LogP) is 5.36. The maximum Gasteiger partial charge on any atom is 0.251 e. The summed E-state index contributed by atoms with van der Waals surface area (Å²) in [5.41, 5.74) is 2.98. The van der Waals surface area contributed by atoms with E-state index < -0.39 is 0 Å². The zero-order chi connectivity index (χ0) is 17.6. The zero-order valence-electron chi connectivity index (χ0n) is 14.5. The third kappa shape index (κ3) is 5.06. The van der Waals surface area contributed by atoms with E-state index in [4.69, 9.17) is 0 Å². The first-order valence-electron chi connectivity index (χ1n) is 8.47. The summed E-state index contributed by atoms with van der Waals surface area (Å²) < 4.78 is 2.30. The number of thioether (sulfide) groups is 1. The summed E-state index contributed by atoms with van der Waals surface area (Å²) in [5, 5.41) is 2.97. The molecular weight excluding hydrogens is 348 g/mol. The van der Waals surface area contributed by atoms with Crippen LogP contribution in [0.2, 0.25) is 0 Å². The predicted molar refractivity (Wildman–Crippen MR) is 107 cm³/mol. The molecule has 1 heterocycles. The second kappa shape index (κ2) is 8.50. The highest BCUT2D eigenvalue weighted by molar-refractivity contribution is 8.00. The fraction of sp³-hybridized carbons (Fsp3) is 0.300. The topological polar surface area (TPSA) is 42.0 Å². The minimum absolute atomic E-state index is 0.00558. The number of hydrogen-bond donors (Lipinski definition) is 1. The Morgan fingerprint density at radius 3 is 2.64 bits per heavy atom. The summed E-state index contributed by atoms with van der Waals surface area (Å²) in [6.07, 6.45) is 1.00. The summed E-state index contributed by atoms with van der Waals surface area (Å²) in [6, 6.07) is 16.1. The summed E-state index contributed by atoms with van der Waals surface area (Å²) in [6.45, 7) is 5.04. The zero-order valence-corrected chi connectivity index (χ0v) is 16.1. The van der Waals surface area contributed by atoms with E-state index >= 15 is 0 Å². The van der Waals surface area contributed by atoms with E-state index in [9.17, 15) is 4.79 Å². The van der Waals surface area contributed by atoms with Crippen molar-refractivity contribution in [3.8, 4) is 0 Å². The van der Waals surface area contributed by atoms with E-state index in [1.807, 2.05) is 42.5 Å². The van der Waals surface area contributed by atoms with Crippen LogP contribution in [0.5, 0.6) is 0 Å². The van der Waals surface area contributed by atoms with Gasteiger partial charge in [0.25, 0.3) is 5.91 Å². The van der Waals surface area contributed by atoms with Crippen LogP contribution in [-0.2, 0) is 5.75 Å². The molecule has 0 unspecified atom stereocenters. The normalized spacial score (nSPS) is 11.2. The SMILES string of the molecule is CC(C)CCNC(=O)c1ccc(CSc2nc3ccccc3s2)cc1. The van der Waals surface area contributed by atoms with E-state index in [1.165, 1.54) is 10.3 Å². The molecular formula is C20H22N2OS2. The number of nitrogens with zero attached hydrogens (tertiary/aromatic N) is 1. The molecule has 0 atom stereocenters. The minimum Gasteiger partial charge on any atom is -0.352 e. The Hall–Kier alpha value is -1.85. The average molecular weight is 371 g/mol. The third-order valence-electron chi connectivity index (χ3n) is 3.86. The monoisotopic (exact) mass is 370 g/mol. The number of fused-ring (bicyclic) bond motifs is 1. The van der Waals surface area contributed by atoms with Crippen molar-refractivity contribution in [2.45, 2.75) is 30.4 Å². The molecule has 2 aromatic carbocycles. The van der Waals surface area contributed by atoms with Crippen molar-refractivity contribution < 1.29 is 4.79 Å². The number of thiazole rings is 1. The van der Waals surface area contributed by atoms with Gasteiger partial charge in [0.2, 0.25) is 0 Å². The Morgan fingerprint density at radius 2 is 1.92 bits per heavy atom. The maximum atomic E-state index is 12.1. The molecule has 0 bridgehead atoms. The van der Waals surface area contributed by atoms with E-state index in [0.717, 1.165) is 34.1 Å². The Morgan fingerprint density at radius 1 is 1.16 bits per heavy atom. The molecule has 3 aromatic rings. The van der Waals surface area contributed by atoms with E-state index in [0.29, 0.717) is 5.92 Å². The molecule has 5 heteroatoms. The van der Waals surface area contributed by atoms with Gasteiger partial charge in [-0.15, -0.1) is 11.3 Å². The second-order valence-corrected chi connectivity index (χ2v) is 8.62. The Balaban J connectivity index is 1.54. The fourth-order valence-electron chi connectivity index (χ4n) is 2.39. The quantitative estimate of drug-likeness (QED) is 0.569. The highest BCUT2D eigenvalue weighted by Crippen LogP contribution is 2.31. The highest BCUT2D eigenvalue weighted by atomic mass is 32.2. The first kappa shape index (κ1) is 18.0. The molecule has 0 radical (unpaired) electrons. The van der Waals surface area contributed by atoms with Crippen molar-refractivity contribution in [1.82, 2.24) is 10.3 Å². The Labute approximate surface area is 156 Å². The van der Waals surface area contributed by atoms with Gasteiger partial charge in [-0.1, -0.05) is 49.9 Å². The smallest absolute Gasteiger partial charge is 0.251 e. The van der Waals surface area contributed by atoms with Crippen LogP contribution in [0, 0.1) is 5.92 Å². The van der Waals surface area contributed by atoms with Crippen molar-refractivity contribution in [3.05, 3.63) is 59.7 Å². The number of amides is 1.